The number of aromatic nitrogens is 1. The van der Waals surface area contributed by atoms with Gasteiger partial charge in [-0.05, 0) is 30.5 Å². The highest BCUT2D eigenvalue weighted by Crippen LogP contribution is 2.02. The first-order chi connectivity index (χ1) is 8.26. The number of hydrogen-bond acceptors (Lipinski definition) is 3. The number of nitriles is 1. The lowest BCUT2D eigenvalue weighted by Crippen LogP contribution is -2.34. The van der Waals surface area contributed by atoms with Gasteiger partial charge in [0.2, 0.25) is 5.91 Å². The molecule has 1 atom stereocenters. The van der Waals surface area contributed by atoms with Gasteiger partial charge in [0, 0.05) is 24.9 Å². The largest absolute Gasteiger partial charge is 0.352 e. The van der Waals surface area contributed by atoms with E-state index < -0.39 is 0 Å². The molecule has 0 bridgehead atoms. The van der Waals surface area contributed by atoms with E-state index in [-0.39, 0.29) is 11.9 Å². The number of hydrogen-bond donors (Lipinski definition) is 1. The van der Waals surface area contributed by atoms with E-state index >= 15 is 0 Å². The highest BCUT2D eigenvalue weighted by atomic mass is 16.1. The van der Waals surface area contributed by atoms with E-state index in [9.17, 15) is 4.79 Å². The van der Waals surface area contributed by atoms with Gasteiger partial charge >= 0.3 is 0 Å². The molecule has 0 fully saturated rings. The van der Waals surface area contributed by atoms with E-state index in [0.717, 1.165) is 12.0 Å². The molecule has 17 heavy (non-hydrogen) atoms. The molecule has 4 nitrogen and oxygen atoms in total. The maximum atomic E-state index is 11.6. The second kappa shape index (κ2) is 7.39. The summed E-state index contributed by atoms with van der Waals surface area (Å²) in [7, 11) is 0. The van der Waals surface area contributed by atoms with Crippen LogP contribution in [0.4, 0.5) is 0 Å². The van der Waals surface area contributed by atoms with Crippen LogP contribution < -0.4 is 5.32 Å². The van der Waals surface area contributed by atoms with Crippen molar-refractivity contribution in [2.45, 2.75) is 38.6 Å². The minimum absolute atomic E-state index is 0.00362. The van der Waals surface area contributed by atoms with E-state index in [0.29, 0.717) is 19.3 Å². The molecule has 0 spiro atoms. The summed E-state index contributed by atoms with van der Waals surface area (Å²) in [5.74, 6) is 0.00362. The Morgan fingerprint density at radius 2 is 2.24 bits per heavy atom. The first kappa shape index (κ1) is 13.2. The lowest BCUT2D eigenvalue weighted by Gasteiger charge is -2.13. The fraction of sp³-hybridized carbons (Fsp3) is 0.462. The quantitative estimate of drug-likeness (QED) is 0.812. The van der Waals surface area contributed by atoms with Crippen molar-refractivity contribution in [3.05, 3.63) is 30.1 Å². The summed E-state index contributed by atoms with van der Waals surface area (Å²) >= 11 is 0. The Labute approximate surface area is 102 Å². The predicted molar refractivity (Wildman–Crippen MR) is 65.0 cm³/mol. The van der Waals surface area contributed by atoms with Crippen LogP contribution in [-0.4, -0.2) is 16.9 Å². The summed E-state index contributed by atoms with van der Waals surface area (Å²) in [6.45, 7) is 1.96. The molecule has 0 saturated heterocycles. The molecule has 0 aliphatic carbocycles. The molecule has 1 aromatic heterocycles. The molecule has 1 amide bonds. The van der Waals surface area contributed by atoms with Crippen LogP contribution in [0.1, 0.15) is 31.7 Å². The molecule has 4 heteroatoms. The van der Waals surface area contributed by atoms with Gasteiger partial charge in [0.25, 0.3) is 0 Å². The number of rotatable bonds is 6. The zero-order chi connectivity index (χ0) is 12.5. The van der Waals surface area contributed by atoms with E-state index in [1.165, 1.54) is 0 Å². The average Bonchev–Trinajstić information content (AvgIpc) is 2.37. The van der Waals surface area contributed by atoms with Gasteiger partial charge in [0.05, 0.1) is 12.5 Å². The van der Waals surface area contributed by atoms with Gasteiger partial charge in [0.1, 0.15) is 0 Å². The van der Waals surface area contributed by atoms with Crippen LogP contribution in [0.2, 0.25) is 0 Å². The molecule has 0 radical (unpaired) electrons. The summed E-state index contributed by atoms with van der Waals surface area (Å²) in [6, 6.07) is 5.86. The molecule has 0 aliphatic rings. The van der Waals surface area contributed by atoms with Crippen LogP contribution >= 0.6 is 0 Å². The molecule has 0 saturated carbocycles. The molecule has 0 aromatic carbocycles. The number of nitrogens with zero attached hydrogens (tertiary/aromatic N) is 2. The first-order valence-electron chi connectivity index (χ1n) is 5.81. The number of carbonyl (C=O) groups excluding carboxylic acids is 1. The molecule has 1 unspecified atom stereocenters. The third-order valence-corrected chi connectivity index (χ3v) is 2.59. The lowest BCUT2D eigenvalue weighted by atomic mass is 10.1. The fourth-order valence-corrected chi connectivity index (χ4v) is 1.51. The molecule has 0 aliphatic heterocycles. The van der Waals surface area contributed by atoms with Crippen LogP contribution in [0, 0.1) is 11.3 Å². The molecular formula is C13H17N3O. The van der Waals surface area contributed by atoms with Gasteiger partial charge in [0.15, 0.2) is 0 Å². The third-order valence-electron chi connectivity index (χ3n) is 2.59. The Balaban J connectivity index is 2.33. The van der Waals surface area contributed by atoms with Crippen LogP contribution in [0.5, 0.6) is 0 Å². The topological polar surface area (TPSA) is 65.8 Å². The second-order valence-electron chi connectivity index (χ2n) is 3.89. The summed E-state index contributed by atoms with van der Waals surface area (Å²) in [6.07, 6.45) is 5.75. The van der Waals surface area contributed by atoms with Crippen molar-refractivity contribution in [2.75, 3.05) is 0 Å². The summed E-state index contributed by atoms with van der Waals surface area (Å²) in [4.78, 5) is 15.5. The Kier molecular flexibility index (Phi) is 5.73. The van der Waals surface area contributed by atoms with Gasteiger partial charge in [-0.1, -0.05) is 6.92 Å². The van der Waals surface area contributed by atoms with E-state index in [4.69, 9.17) is 5.26 Å². The summed E-state index contributed by atoms with van der Waals surface area (Å²) in [5.41, 5.74) is 1.10. The Morgan fingerprint density at radius 1 is 1.53 bits per heavy atom. The third kappa shape index (κ3) is 5.12. The molecule has 1 aromatic rings. The Bertz CT molecular complexity index is 383. The van der Waals surface area contributed by atoms with Crippen molar-refractivity contribution in [2.24, 2.45) is 0 Å². The maximum Gasteiger partial charge on any atom is 0.220 e. The molecule has 1 heterocycles. The average molecular weight is 231 g/mol. The maximum absolute atomic E-state index is 11.6. The standard InChI is InChI=1S/C13H17N3O/c1-2-12(5-8-14)16-13(17)4-3-11-6-9-15-10-7-11/h6-7,9-10,12H,2-5H2,1H3,(H,16,17). The first-order valence-corrected chi connectivity index (χ1v) is 5.81. The zero-order valence-corrected chi connectivity index (χ0v) is 10.0. The highest BCUT2D eigenvalue weighted by molar-refractivity contribution is 5.76. The SMILES string of the molecule is CCC(CC#N)NC(=O)CCc1ccncc1. The molecule has 1 N–H and O–H groups in total. The highest BCUT2D eigenvalue weighted by Gasteiger charge is 2.09. The smallest absolute Gasteiger partial charge is 0.220 e. The molecule has 90 valence electrons. The monoisotopic (exact) mass is 231 g/mol. The van der Waals surface area contributed by atoms with Crippen LogP contribution in [0.3, 0.4) is 0 Å². The van der Waals surface area contributed by atoms with Crippen molar-refractivity contribution in [1.82, 2.24) is 10.3 Å². The second-order valence-corrected chi connectivity index (χ2v) is 3.89. The van der Waals surface area contributed by atoms with Gasteiger partial charge in [-0.2, -0.15) is 5.26 Å². The molecule has 1 rings (SSSR count). The molecular weight excluding hydrogens is 214 g/mol. The predicted octanol–water partition coefficient (Wildman–Crippen LogP) is 1.82. The van der Waals surface area contributed by atoms with Crippen molar-refractivity contribution in [3.8, 4) is 6.07 Å². The number of carbonyl (C=O) groups is 1. The van der Waals surface area contributed by atoms with Gasteiger partial charge < -0.3 is 5.32 Å². The van der Waals surface area contributed by atoms with E-state index in [1.54, 1.807) is 12.4 Å². The van der Waals surface area contributed by atoms with Crippen molar-refractivity contribution < 1.29 is 4.79 Å². The number of aryl methyl sites for hydroxylation is 1. The van der Waals surface area contributed by atoms with Crippen molar-refractivity contribution in [1.29, 1.82) is 5.26 Å². The summed E-state index contributed by atoms with van der Waals surface area (Å²) < 4.78 is 0. The van der Waals surface area contributed by atoms with Gasteiger partial charge in [-0.25, -0.2) is 0 Å². The van der Waals surface area contributed by atoms with Gasteiger partial charge in [-0.3, -0.25) is 9.78 Å². The van der Waals surface area contributed by atoms with Gasteiger partial charge in [-0.15, -0.1) is 0 Å². The summed E-state index contributed by atoms with van der Waals surface area (Å²) in [5, 5.41) is 11.4. The Morgan fingerprint density at radius 3 is 2.82 bits per heavy atom. The van der Waals surface area contributed by atoms with Crippen LogP contribution in [-0.2, 0) is 11.2 Å². The normalized spacial score (nSPS) is 11.5. The van der Waals surface area contributed by atoms with Crippen molar-refractivity contribution >= 4 is 5.91 Å². The van der Waals surface area contributed by atoms with Crippen LogP contribution in [0.25, 0.3) is 0 Å². The van der Waals surface area contributed by atoms with Crippen molar-refractivity contribution in [3.63, 3.8) is 0 Å². The fourth-order valence-electron chi connectivity index (χ4n) is 1.51. The zero-order valence-electron chi connectivity index (χ0n) is 10.0. The minimum Gasteiger partial charge on any atom is -0.352 e. The van der Waals surface area contributed by atoms with E-state index in [1.807, 2.05) is 19.1 Å². The lowest BCUT2D eigenvalue weighted by molar-refractivity contribution is -0.121. The Hall–Kier alpha value is -1.89. The number of amides is 1. The van der Waals surface area contributed by atoms with Crippen LogP contribution in [0.15, 0.2) is 24.5 Å². The number of nitrogens with one attached hydrogen (secondary N) is 1. The number of pyridine rings is 1. The minimum atomic E-state index is -0.0232. The van der Waals surface area contributed by atoms with E-state index in [2.05, 4.69) is 16.4 Å².